The van der Waals surface area contributed by atoms with Gasteiger partial charge in [0.15, 0.2) is 0 Å². The first kappa shape index (κ1) is 39.3. The molecule has 73 heavy (non-hydrogen) atoms. The Balaban J connectivity index is 0.962. The van der Waals surface area contributed by atoms with Crippen LogP contribution in [0.15, 0.2) is 249 Å². The Labute approximate surface area is 423 Å². The van der Waals surface area contributed by atoms with E-state index in [0.29, 0.717) is 0 Å². The summed E-state index contributed by atoms with van der Waals surface area (Å²) < 4.78 is 2.61. The van der Waals surface area contributed by atoms with Crippen molar-refractivity contribution >= 4 is 153 Å². The SMILES string of the molecule is c1ccc(N2c3ccccc3B3c4cc5c(cc4N(c4ccccc4)c4cccc2c43)c2cccc3c4cc6c(cc4n5c23)N(c2ccccc2)c2cccc3c2B6c2ccccc2N3c2ccccc2)cc1. The highest BCUT2D eigenvalue weighted by Crippen LogP contribution is 2.49. The summed E-state index contributed by atoms with van der Waals surface area (Å²) in [6.07, 6.45) is 0. The molecular formula is C66H41B2N5. The third kappa shape index (κ3) is 5.17. The number of aromatic nitrogens is 1. The van der Waals surface area contributed by atoms with Crippen molar-refractivity contribution in [2.45, 2.75) is 0 Å². The normalized spacial score (nSPS) is 13.9. The van der Waals surface area contributed by atoms with Crippen LogP contribution in [-0.2, 0) is 0 Å². The maximum absolute atomic E-state index is 2.61. The maximum atomic E-state index is 2.61. The van der Waals surface area contributed by atoms with Crippen LogP contribution in [0, 0.1) is 0 Å². The molecule has 0 aliphatic carbocycles. The minimum absolute atomic E-state index is 0.00231. The van der Waals surface area contributed by atoms with Gasteiger partial charge in [0.25, 0.3) is 13.4 Å². The lowest BCUT2D eigenvalue weighted by atomic mass is 9.33. The molecule has 0 spiro atoms. The van der Waals surface area contributed by atoms with Crippen molar-refractivity contribution in [3.8, 4) is 0 Å². The first-order valence-electron chi connectivity index (χ1n) is 25.4. The molecule has 0 bridgehead atoms. The average molecular weight is 926 g/mol. The van der Waals surface area contributed by atoms with Crippen molar-refractivity contribution in [1.29, 1.82) is 0 Å². The zero-order valence-electron chi connectivity index (χ0n) is 39.6. The van der Waals surface area contributed by atoms with E-state index in [0.717, 1.165) is 22.7 Å². The topological polar surface area (TPSA) is 17.4 Å². The molecule has 11 aromatic carbocycles. The quantitative estimate of drug-likeness (QED) is 0.164. The van der Waals surface area contributed by atoms with E-state index >= 15 is 0 Å². The van der Waals surface area contributed by atoms with Crippen molar-refractivity contribution in [3.05, 3.63) is 249 Å². The number of anilines is 12. The van der Waals surface area contributed by atoms with Gasteiger partial charge in [-0.25, -0.2) is 0 Å². The van der Waals surface area contributed by atoms with Gasteiger partial charge in [-0.3, -0.25) is 0 Å². The second-order valence-corrected chi connectivity index (χ2v) is 20.0. The summed E-state index contributed by atoms with van der Waals surface area (Å²) >= 11 is 0. The van der Waals surface area contributed by atoms with Gasteiger partial charge < -0.3 is 24.0 Å². The molecule has 0 radical (unpaired) electrons. The fraction of sp³-hybridized carbons (Fsp3) is 0. The van der Waals surface area contributed by atoms with E-state index in [1.165, 1.54) is 116 Å². The summed E-state index contributed by atoms with van der Waals surface area (Å²) in [4.78, 5) is 9.99. The Hall–Kier alpha value is -9.45. The summed E-state index contributed by atoms with van der Waals surface area (Å²) in [6, 6.07) is 92.7. The zero-order chi connectivity index (χ0) is 47.5. The number of nitrogens with zero attached hydrogens (tertiary/aromatic N) is 5. The summed E-state index contributed by atoms with van der Waals surface area (Å²) in [7, 11) is 0. The Morgan fingerprint density at radius 3 is 1.04 bits per heavy atom. The summed E-state index contributed by atoms with van der Waals surface area (Å²) in [5, 5.41) is 5.07. The molecule has 0 N–H and O–H groups in total. The highest BCUT2D eigenvalue weighted by Gasteiger charge is 2.46. The van der Waals surface area contributed by atoms with Gasteiger partial charge in [-0.05, 0) is 136 Å². The Kier molecular flexibility index (Phi) is 7.84. The minimum atomic E-state index is -0.00231. The Bertz CT molecular complexity index is 4430. The van der Waals surface area contributed by atoms with Crippen molar-refractivity contribution in [2.24, 2.45) is 0 Å². The van der Waals surface area contributed by atoms with Crippen molar-refractivity contribution in [1.82, 2.24) is 4.40 Å². The molecule has 17 rings (SSSR count). The summed E-state index contributed by atoms with van der Waals surface area (Å²) in [5.41, 5.74) is 25.9. The van der Waals surface area contributed by atoms with Crippen LogP contribution in [-0.4, -0.2) is 17.8 Å². The molecule has 5 nitrogen and oxygen atoms in total. The molecule has 0 unspecified atom stereocenters. The number of rotatable bonds is 4. The highest BCUT2D eigenvalue weighted by molar-refractivity contribution is 7.01. The fourth-order valence-corrected chi connectivity index (χ4v) is 13.6. The van der Waals surface area contributed by atoms with Crippen LogP contribution < -0.4 is 52.4 Å². The van der Waals surface area contributed by atoms with E-state index in [1.807, 2.05) is 0 Å². The predicted octanol–water partition coefficient (Wildman–Crippen LogP) is 13.0. The molecule has 13 aromatic rings. The Morgan fingerprint density at radius 2 is 0.575 bits per heavy atom. The molecule has 0 saturated carbocycles. The third-order valence-corrected chi connectivity index (χ3v) is 16.4. The second-order valence-electron chi connectivity index (χ2n) is 20.0. The second kappa shape index (κ2) is 14.6. The lowest BCUT2D eigenvalue weighted by Gasteiger charge is -2.44. The molecule has 0 amide bonds. The largest absolute Gasteiger partial charge is 0.311 e. The lowest BCUT2D eigenvalue weighted by molar-refractivity contribution is 1.25. The molecule has 6 heterocycles. The van der Waals surface area contributed by atoms with E-state index in [4.69, 9.17) is 0 Å². The zero-order valence-corrected chi connectivity index (χ0v) is 39.6. The van der Waals surface area contributed by atoms with Gasteiger partial charge in [-0.15, -0.1) is 0 Å². The van der Waals surface area contributed by atoms with Crippen LogP contribution in [0.5, 0.6) is 0 Å². The van der Waals surface area contributed by atoms with Crippen LogP contribution in [0.3, 0.4) is 0 Å². The van der Waals surface area contributed by atoms with Gasteiger partial charge in [0.05, 0.1) is 16.6 Å². The average Bonchev–Trinajstić information content (AvgIpc) is 4.01. The van der Waals surface area contributed by atoms with E-state index < -0.39 is 0 Å². The Morgan fingerprint density at radius 1 is 0.233 bits per heavy atom. The fourth-order valence-electron chi connectivity index (χ4n) is 13.6. The molecular weight excluding hydrogens is 884 g/mol. The van der Waals surface area contributed by atoms with Gasteiger partial charge in [0.1, 0.15) is 0 Å². The molecule has 336 valence electrons. The number of hydrogen-bond donors (Lipinski definition) is 0. The standard InChI is InChI=1S/C66H41B2N5/c1-5-20-42(21-6-1)69-54-32-15-13-30-50(54)67-52-38-48-46-28-17-29-47-49-39-62-53(40-60(49)73(66(46)47)61(48)41-63(52)72(45-26-11-4-12-27-45)59-37-19-34-56(69)64(59)67)68-51-31-14-16-33-55(51)70(43-22-7-2-8-23-43)57-35-18-36-58(65(57)68)71(62)44-24-9-3-10-25-44/h1-41H. The molecule has 7 heteroatoms. The molecule has 2 aromatic heterocycles. The third-order valence-electron chi connectivity index (χ3n) is 16.4. The van der Waals surface area contributed by atoms with Crippen LogP contribution in [0.25, 0.3) is 38.1 Å². The summed E-state index contributed by atoms with van der Waals surface area (Å²) in [5.74, 6) is 0. The lowest BCUT2D eigenvalue weighted by Crippen LogP contribution is -2.61. The highest BCUT2D eigenvalue weighted by atomic mass is 15.2. The van der Waals surface area contributed by atoms with Gasteiger partial charge >= 0.3 is 0 Å². The minimum Gasteiger partial charge on any atom is -0.311 e. The van der Waals surface area contributed by atoms with Gasteiger partial charge in [0, 0.05) is 89.8 Å². The molecule has 4 aliphatic rings. The van der Waals surface area contributed by atoms with Gasteiger partial charge in [0.2, 0.25) is 0 Å². The van der Waals surface area contributed by atoms with Crippen molar-refractivity contribution in [2.75, 3.05) is 19.6 Å². The molecule has 0 fully saturated rings. The van der Waals surface area contributed by atoms with Crippen LogP contribution in [0.1, 0.15) is 0 Å². The van der Waals surface area contributed by atoms with E-state index in [2.05, 4.69) is 273 Å². The van der Waals surface area contributed by atoms with Crippen molar-refractivity contribution < 1.29 is 0 Å². The van der Waals surface area contributed by atoms with E-state index in [-0.39, 0.29) is 13.4 Å². The predicted molar refractivity (Wildman–Crippen MR) is 309 cm³/mol. The van der Waals surface area contributed by atoms with Crippen LogP contribution in [0.2, 0.25) is 0 Å². The first-order chi connectivity index (χ1) is 36.3. The number of hydrogen-bond acceptors (Lipinski definition) is 4. The van der Waals surface area contributed by atoms with Crippen LogP contribution in [0.4, 0.5) is 68.2 Å². The number of benzene rings is 11. The summed E-state index contributed by atoms with van der Waals surface area (Å²) in [6.45, 7) is 0.0168. The first-order valence-corrected chi connectivity index (χ1v) is 25.4. The molecule has 0 saturated heterocycles. The molecule has 0 atom stereocenters. The van der Waals surface area contributed by atoms with Gasteiger partial charge in [-0.2, -0.15) is 0 Å². The van der Waals surface area contributed by atoms with Crippen LogP contribution >= 0.6 is 0 Å². The number of fused-ring (bicyclic) bond motifs is 14. The van der Waals surface area contributed by atoms with Crippen molar-refractivity contribution in [3.63, 3.8) is 0 Å². The van der Waals surface area contributed by atoms with E-state index in [9.17, 15) is 0 Å². The van der Waals surface area contributed by atoms with Gasteiger partial charge in [-0.1, -0.05) is 146 Å². The molecule has 4 aliphatic heterocycles. The smallest absolute Gasteiger partial charge is 0.252 e. The number of para-hydroxylation sites is 7. The maximum Gasteiger partial charge on any atom is 0.252 e. The van der Waals surface area contributed by atoms with E-state index in [1.54, 1.807) is 0 Å². The monoisotopic (exact) mass is 925 g/mol.